The van der Waals surface area contributed by atoms with E-state index >= 15 is 0 Å². The normalized spacial score (nSPS) is 11.8. The third kappa shape index (κ3) is 4.22. The predicted octanol–water partition coefficient (Wildman–Crippen LogP) is 1.51. The van der Waals surface area contributed by atoms with Crippen LogP contribution in [0.1, 0.15) is 13.3 Å². The lowest BCUT2D eigenvalue weighted by atomic mass is 10.3. The summed E-state index contributed by atoms with van der Waals surface area (Å²) < 4.78 is 0. The lowest BCUT2D eigenvalue weighted by Crippen LogP contribution is -2.10. The van der Waals surface area contributed by atoms with Crippen LogP contribution in [-0.4, -0.2) is 16.5 Å². The summed E-state index contributed by atoms with van der Waals surface area (Å²) in [5.74, 6) is -0.941. The van der Waals surface area contributed by atoms with Crippen molar-refractivity contribution in [2.24, 2.45) is 0 Å². The van der Waals surface area contributed by atoms with Crippen LogP contribution in [-0.2, 0) is 4.79 Å². The van der Waals surface area contributed by atoms with Crippen molar-refractivity contribution in [2.45, 2.75) is 18.7 Å². The number of carboxylic acid groups (broad SMARTS) is 1. The van der Waals surface area contributed by atoms with Crippen molar-refractivity contribution in [3.63, 3.8) is 0 Å². The van der Waals surface area contributed by atoms with E-state index in [4.69, 9.17) is 16.7 Å². The van der Waals surface area contributed by atoms with Gasteiger partial charge >= 0.3 is 5.97 Å². The van der Waals surface area contributed by atoms with Gasteiger partial charge < -0.3 is 5.11 Å². The fourth-order valence-corrected chi connectivity index (χ4v) is 0.175. The van der Waals surface area contributed by atoms with Crippen LogP contribution in [0.25, 0.3) is 0 Å². The molecule has 1 N–H and O–H groups in total. The average molecular weight is 159 g/mol. The van der Waals surface area contributed by atoms with Gasteiger partial charge in [-0.05, 0) is 6.42 Å². The number of alkyl halides is 1. The van der Waals surface area contributed by atoms with Crippen LogP contribution in [0.5, 0.6) is 0 Å². The molecule has 0 aliphatic rings. The lowest BCUT2D eigenvalue weighted by Gasteiger charge is -1.93. The Morgan fingerprint density at radius 1 is 1.88 bits per heavy atom. The summed E-state index contributed by atoms with van der Waals surface area (Å²) in [5, 5.41) is 7.34. The first-order chi connectivity index (χ1) is 3.18. The molecule has 1 unspecified atom stereocenters. The molecule has 2 nitrogen and oxygen atoms in total. The van der Waals surface area contributed by atoms with Crippen LogP contribution >= 0.6 is 24.0 Å². The fraction of sp³-hybridized carbons (Fsp3) is 0.750. The molecule has 1 atom stereocenters. The molecule has 0 heterocycles. The lowest BCUT2D eigenvalue weighted by molar-refractivity contribution is -0.136. The maximum absolute atomic E-state index is 9.80. The van der Waals surface area contributed by atoms with Gasteiger partial charge in [0.05, 0.1) is 0 Å². The molecule has 0 aromatic rings. The minimum atomic E-state index is -0.941. The van der Waals surface area contributed by atoms with Crippen LogP contribution in [0.2, 0.25) is 0 Å². The second kappa shape index (κ2) is 5.19. The van der Waals surface area contributed by atoms with E-state index in [0.717, 1.165) is 0 Å². The molecule has 0 aliphatic heterocycles. The monoisotopic (exact) mass is 158 g/mol. The van der Waals surface area contributed by atoms with Gasteiger partial charge in [0.1, 0.15) is 5.38 Å². The quantitative estimate of drug-likeness (QED) is 0.620. The molecule has 0 bridgehead atoms. The molecule has 0 radical (unpaired) electrons. The van der Waals surface area contributed by atoms with Gasteiger partial charge in [0, 0.05) is 0 Å². The second-order valence-electron chi connectivity index (χ2n) is 1.21. The maximum Gasteiger partial charge on any atom is 0.321 e. The Bertz CT molecular complexity index is 74.4. The van der Waals surface area contributed by atoms with Gasteiger partial charge in [-0.1, -0.05) is 6.92 Å². The van der Waals surface area contributed by atoms with Crippen molar-refractivity contribution in [1.29, 1.82) is 0 Å². The molecule has 8 heavy (non-hydrogen) atoms. The van der Waals surface area contributed by atoms with E-state index in [1.54, 1.807) is 6.92 Å². The summed E-state index contributed by atoms with van der Waals surface area (Å²) in [7, 11) is 0. The van der Waals surface area contributed by atoms with Crippen molar-refractivity contribution in [3.8, 4) is 0 Å². The van der Waals surface area contributed by atoms with Crippen LogP contribution in [0, 0.1) is 0 Å². The first kappa shape index (κ1) is 10.9. The molecule has 0 spiro atoms. The number of carboxylic acids is 1. The van der Waals surface area contributed by atoms with Crippen molar-refractivity contribution < 1.29 is 9.90 Å². The molecular formula is C4H8Cl2O2. The third-order valence-electron chi connectivity index (χ3n) is 0.626. The standard InChI is InChI=1S/C4H7ClO2.ClH/c1-2-3(5)4(6)7;/h3H,2H2,1H3,(H,6,7);1H. The van der Waals surface area contributed by atoms with Crippen molar-refractivity contribution in [2.75, 3.05) is 0 Å². The second-order valence-corrected chi connectivity index (χ2v) is 1.74. The molecule has 0 fully saturated rings. The largest absolute Gasteiger partial charge is 0.480 e. The highest BCUT2D eigenvalue weighted by Crippen LogP contribution is 1.98. The molecule has 0 aromatic heterocycles. The molecule has 4 heteroatoms. The van der Waals surface area contributed by atoms with E-state index in [2.05, 4.69) is 0 Å². The van der Waals surface area contributed by atoms with Crippen molar-refractivity contribution in [3.05, 3.63) is 0 Å². The number of hydrogen-bond donors (Lipinski definition) is 1. The van der Waals surface area contributed by atoms with E-state index in [1.807, 2.05) is 0 Å². The Balaban J connectivity index is 0. The number of halogens is 2. The molecule has 0 amide bonds. The summed E-state index contributed by atoms with van der Waals surface area (Å²) in [6, 6.07) is 0. The first-order valence-electron chi connectivity index (χ1n) is 2.05. The van der Waals surface area contributed by atoms with Gasteiger partial charge in [0.2, 0.25) is 0 Å². The van der Waals surface area contributed by atoms with E-state index in [9.17, 15) is 4.79 Å². The van der Waals surface area contributed by atoms with E-state index in [0.29, 0.717) is 6.42 Å². The van der Waals surface area contributed by atoms with Gasteiger partial charge in [-0.2, -0.15) is 0 Å². The fourth-order valence-electron chi connectivity index (χ4n) is 0.175. The molecule has 0 rings (SSSR count). The number of carbonyl (C=O) groups is 1. The van der Waals surface area contributed by atoms with Gasteiger partial charge in [0.25, 0.3) is 0 Å². The Morgan fingerprint density at radius 3 is 2.25 bits per heavy atom. The Kier molecular flexibility index (Phi) is 7.09. The van der Waals surface area contributed by atoms with Crippen LogP contribution in [0.4, 0.5) is 0 Å². The molecule has 50 valence electrons. The van der Waals surface area contributed by atoms with Crippen molar-refractivity contribution in [1.82, 2.24) is 0 Å². The van der Waals surface area contributed by atoms with E-state index in [-0.39, 0.29) is 12.4 Å². The molecule has 0 aliphatic carbocycles. The Labute approximate surface area is 59.2 Å². The summed E-state index contributed by atoms with van der Waals surface area (Å²) in [6.07, 6.45) is 0.483. The number of rotatable bonds is 2. The minimum Gasteiger partial charge on any atom is -0.480 e. The highest BCUT2D eigenvalue weighted by atomic mass is 35.5. The zero-order valence-corrected chi connectivity index (χ0v) is 6.00. The molecule has 0 saturated heterocycles. The van der Waals surface area contributed by atoms with Crippen LogP contribution < -0.4 is 0 Å². The Hall–Kier alpha value is 0.0500. The highest BCUT2D eigenvalue weighted by molar-refractivity contribution is 6.29. The topological polar surface area (TPSA) is 37.3 Å². The number of hydrogen-bond acceptors (Lipinski definition) is 1. The molecule has 0 saturated carbocycles. The molecule has 0 aromatic carbocycles. The summed E-state index contributed by atoms with van der Waals surface area (Å²) >= 11 is 5.20. The van der Waals surface area contributed by atoms with Gasteiger partial charge in [-0.25, -0.2) is 0 Å². The van der Waals surface area contributed by atoms with Gasteiger partial charge in [-0.3, -0.25) is 4.79 Å². The minimum absolute atomic E-state index is 0. The maximum atomic E-state index is 9.80. The van der Waals surface area contributed by atoms with Gasteiger partial charge in [-0.15, -0.1) is 24.0 Å². The first-order valence-corrected chi connectivity index (χ1v) is 2.49. The molecular weight excluding hydrogens is 151 g/mol. The highest BCUT2D eigenvalue weighted by Gasteiger charge is 2.08. The average Bonchev–Trinajstić information content (AvgIpc) is 1.65. The summed E-state index contributed by atoms with van der Waals surface area (Å²) in [4.78, 5) is 9.80. The zero-order chi connectivity index (χ0) is 5.86. The van der Waals surface area contributed by atoms with Crippen molar-refractivity contribution >= 4 is 30.0 Å². The van der Waals surface area contributed by atoms with Crippen LogP contribution in [0.15, 0.2) is 0 Å². The third-order valence-corrected chi connectivity index (χ3v) is 1.12. The van der Waals surface area contributed by atoms with Crippen LogP contribution in [0.3, 0.4) is 0 Å². The predicted molar refractivity (Wildman–Crippen MR) is 34.8 cm³/mol. The zero-order valence-electron chi connectivity index (χ0n) is 4.43. The number of aliphatic carboxylic acids is 1. The smallest absolute Gasteiger partial charge is 0.321 e. The van der Waals surface area contributed by atoms with Gasteiger partial charge in [0.15, 0.2) is 0 Å². The van der Waals surface area contributed by atoms with E-state index < -0.39 is 11.3 Å². The van der Waals surface area contributed by atoms with E-state index in [1.165, 1.54) is 0 Å². The Morgan fingerprint density at radius 2 is 2.25 bits per heavy atom. The summed E-state index contributed by atoms with van der Waals surface area (Å²) in [5.41, 5.74) is 0. The SMILES string of the molecule is CCC(Cl)C(=O)O.Cl. The summed E-state index contributed by atoms with van der Waals surface area (Å²) in [6.45, 7) is 1.73.